The summed E-state index contributed by atoms with van der Waals surface area (Å²) in [6.45, 7) is 0.954. The van der Waals surface area contributed by atoms with E-state index in [-0.39, 0.29) is 0 Å². The zero-order chi connectivity index (χ0) is 18.5. The third kappa shape index (κ3) is 4.18. The first-order valence-electron chi connectivity index (χ1n) is 7.93. The summed E-state index contributed by atoms with van der Waals surface area (Å²) in [6, 6.07) is 14.5. The minimum absolute atomic E-state index is 0.397. The second-order valence-electron chi connectivity index (χ2n) is 5.60. The third-order valence-electron chi connectivity index (χ3n) is 3.68. The first-order chi connectivity index (χ1) is 12.5. The first-order valence-corrected chi connectivity index (χ1v) is 7.93. The average molecular weight is 356 g/mol. The Morgan fingerprint density at radius 1 is 1.27 bits per heavy atom. The summed E-state index contributed by atoms with van der Waals surface area (Å²) in [6.07, 6.45) is 0.952. The van der Waals surface area contributed by atoms with Crippen LogP contribution >= 0.6 is 0 Å². The number of carbonyl (C=O) groups is 1. The van der Waals surface area contributed by atoms with E-state index in [0.717, 1.165) is 17.2 Å². The number of oxazole rings is 1. The summed E-state index contributed by atoms with van der Waals surface area (Å²) in [5.41, 5.74) is 1.97. The van der Waals surface area contributed by atoms with Gasteiger partial charge in [0.05, 0.1) is 6.54 Å². The molecule has 0 saturated heterocycles. The number of likely N-dealkylation sites (N-methyl/N-ethyl adjacent to an activating group) is 1. The summed E-state index contributed by atoms with van der Waals surface area (Å²) in [7, 11) is 1.86. The van der Waals surface area contributed by atoms with Crippen molar-refractivity contribution < 1.29 is 23.4 Å². The van der Waals surface area contributed by atoms with Crippen LogP contribution in [0.4, 0.5) is 10.4 Å². The molecule has 0 aliphatic rings. The minimum Gasteiger partial charge on any atom is -0.492 e. The Morgan fingerprint density at radius 3 is 2.69 bits per heavy atom. The van der Waals surface area contributed by atoms with Crippen molar-refractivity contribution >= 4 is 29.2 Å². The van der Waals surface area contributed by atoms with Gasteiger partial charge in [-0.2, -0.15) is 9.37 Å². The number of para-hydroxylation sites is 2. The van der Waals surface area contributed by atoms with E-state index in [2.05, 4.69) is 4.98 Å². The molecular weight excluding hydrogens is 339 g/mol. The fourth-order valence-corrected chi connectivity index (χ4v) is 2.29. The van der Waals surface area contributed by atoms with E-state index >= 15 is 0 Å². The maximum Gasteiger partial charge on any atom is 0.364 e. The van der Waals surface area contributed by atoms with Gasteiger partial charge in [-0.3, -0.25) is 0 Å². The van der Waals surface area contributed by atoms with Gasteiger partial charge in [-0.05, 0) is 35.9 Å². The number of halogens is 1. The fourth-order valence-electron chi connectivity index (χ4n) is 2.29. The summed E-state index contributed by atoms with van der Waals surface area (Å²) in [5.74, 6) is -2.20. The lowest BCUT2D eigenvalue weighted by molar-refractivity contribution is -0.134. The zero-order valence-electron chi connectivity index (χ0n) is 14.1. The molecule has 1 heterocycles. The van der Waals surface area contributed by atoms with Gasteiger partial charge in [-0.1, -0.05) is 24.3 Å². The van der Waals surface area contributed by atoms with Crippen molar-refractivity contribution in [3.05, 3.63) is 59.9 Å². The van der Waals surface area contributed by atoms with Crippen LogP contribution in [0.15, 0.2) is 58.8 Å². The lowest BCUT2D eigenvalue weighted by Gasteiger charge is -2.14. The van der Waals surface area contributed by atoms with Crippen LogP contribution in [0.1, 0.15) is 5.56 Å². The van der Waals surface area contributed by atoms with Crippen molar-refractivity contribution in [2.75, 3.05) is 25.1 Å². The predicted molar refractivity (Wildman–Crippen MR) is 95.9 cm³/mol. The normalized spacial score (nSPS) is 11.5. The largest absolute Gasteiger partial charge is 0.492 e. The molecular formula is C19H17FN2O4. The molecule has 0 aliphatic carbocycles. The van der Waals surface area contributed by atoms with Crippen molar-refractivity contribution in [1.82, 2.24) is 4.98 Å². The molecule has 0 spiro atoms. The quantitative estimate of drug-likeness (QED) is 0.650. The smallest absolute Gasteiger partial charge is 0.364 e. The Kier molecular flexibility index (Phi) is 5.17. The van der Waals surface area contributed by atoms with E-state index in [4.69, 9.17) is 14.3 Å². The van der Waals surface area contributed by atoms with Crippen LogP contribution in [-0.2, 0) is 4.79 Å². The molecule has 0 saturated carbocycles. The number of anilines is 1. The van der Waals surface area contributed by atoms with E-state index in [1.165, 1.54) is 0 Å². The molecule has 0 amide bonds. The van der Waals surface area contributed by atoms with Crippen LogP contribution in [0, 0.1) is 0 Å². The fraction of sp³-hybridized carbons (Fsp3) is 0.158. The summed E-state index contributed by atoms with van der Waals surface area (Å²) < 4.78 is 24.4. The molecule has 3 aromatic rings. The second kappa shape index (κ2) is 7.69. The summed E-state index contributed by atoms with van der Waals surface area (Å²) in [5, 5.41) is 8.52. The number of benzene rings is 2. The molecule has 0 fully saturated rings. The van der Waals surface area contributed by atoms with E-state index in [1.54, 1.807) is 24.3 Å². The van der Waals surface area contributed by atoms with Gasteiger partial charge < -0.3 is 19.2 Å². The van der Waals surface area contributed by atoms with Crippen molar-refractivity contribution in [2.24, 2.45) is 0 Å². The van der Waals surface area contributed by atoms with Crippen molar-refractivity contribution in [2.45, 2.75) is 0 Å². The number of ether oxygens (including phenoxy) is 1. The first kappa shape index (κ1) is 17.5. The number of aliphatic carboxylic acids is 1. The number of nitrogens with zero attached hydrogens (tertiary/aromatic N) is 2. The number of aromatic nitrogens is 1. The number of fused-ring (bicyclic) bond motifs is 1. The lowest BCUT2D eigenvalue weighted by atomic mass is 10.2. The standard InChI is InChI=1S/C19H17FN2O4/c1-22(19-21-16-4-2-3-5-17(16)26-19)10-11-25-14-8-6-13(7-9-14)12-15(20)18(23)24/h2-9,12H,10-11H2,1H3,(H,23,24). The van der Waals surface area contributed by atoms with Crippen molar-refractivity contribution in [1.29, 1.82) is 0 Å². The maximum atomic E-state index is 13.1. The number of carboxylic acid groups (broad SMARTS) is 1. The van der Waals surface area contributed by atoms with Crippen LogP contribution in [0.3, 0.4) is 0 Å². The molecule has 0 bridgehead atoms. The van der Waals surface area contributed by atoms with Gasteiger partial charge >= 0.3 is 5.97 Å². The molecule has 1 N–H and O–H groups in total. The average Bonchev–Trinajstić information content (AvgIpc) is 3.07. The number of hydrogen-bond acceptors (Lipinski definition) is 5. The van der Waals surface area contributed by atoms with Crippen molar-refractivity contribution in [3.63, 3.8) is 0 Å². The number of rotatable bonds is 7. The molecule has 26 heavy (non-hydrogen) atoms. The summed E-state index contributed by atoms with van der Waals surface area (Å²) >= 11 is 0. The third-order valence-corrected chi connectivity index (χ3v) is 3.68. The van der Waals surface area contributed by atoms with Crippen LogP contribution in [-0.4, -0.2) is 36.3 Å². The molecule has 1 aromatic heterocycles. The highest BCUT2D eigenvalue weighted by atomic mass is 19.1. The van der Waals surface area contributed by atoms with Crippen LogP contribution < -0.4 is 9.64 Å². The minimum atomic E-state index is -1.59. The molecule has 0 unspecified atom stereocenters. The Bertz CT molecular complexity index is 901. The van der Waals surface area contributed by atoms with Crippen LogP contribution in [0.5, 0.6) is 5.75 Å². The summed E-state index contributed by atoms with van der Waals surface area (Å²) in [4.78, 5) is 16.7. The molecule has 134 valence electrons. The van der Waals surface area contributed by atoms with E-state index in [0.29, 0.717) is 30.5 Å². The second-order valence-corrected chi connectivity index (χ2v) is 5.60. The highest BCUT2D eigenvalue weighted by molar-refractivity contribution is 5.89. The SMILES string of the molecule is CN(CCOc1ccc(C=C(F)C(=O)O)cc1)c1nc2ccccc2o1. The Morgan fingerprint density at radius 2 is 2.00 bits per heavy atom. The molecule has 0 radical (unpaired) electrons. The van der Waals surface area contributed by atoms with E-state index < -0.39 is 11.8 Å². The Balaban J connectivity index is 1.54. The van der Waals surface area contributed by atoms with Gasteiger partial charge in [-0.25, -0.2) is 4.79 Å². The lowest BCUT2D eigenvalue weighted by Crippen LogP contribution is -2.23. The highest BCUT2D eigenvalue weighted by Crippen LogP contribution is 2.20. The molecule has 0 atom stereocenters. The monoisotopic (exact) mass is 356 g/mol. The number of carboxylic acids is 1. The molecule has 3 rings (SSSR count). The predicted octanol–water partition coefficient (Wildman–Crippen LogP) is 3.74. The molecule has 6 nitrogen and oxygen atoms in total. The Hall–Kier alpha value is -3.35. The Labute approximate surface area is 149 Å². The van der Waals surface area contributed by atoms with Gasteiger partial charge in [0, 0.05) is 7.05 Å². The van der Waals surface area contributed by atoms with Gasteiger partial charge in [0.1, 0.15) is 17.9 Å². The van der Waals surface area contributed by atoms with E-state index in [1.807, 2.05) is 36.2 Å². The molecule has 2 aromatic carbocycles. The van der Waals surface area contributed by atoms with Gasteiger partial charge in [0.2, 0.25) is 5.83 Å². The van der Waals surface area contributed by atoms with Gasteiger partial charge in [0.15, 0.2) is 5.58 Å². The molecule has 0 aliphatic heterocycles. The number of hydrogen-bond donors (Lipinski definition) is 1. The van der Waals surface area contributed by atoms with Gasteiger partial charge in [0.25, 0.3) is 6.01 Å². The maximum absolute atomic E-state index is 13.1. The van der Waals surface area contributed by atoms with Gasteiger partial charge in [-0.15, -0.1) is 0 Å². The van der Waals surface area contributed by atoms with E-state index in [9.17, 15) is 9.18 Å². The van der Waals surface area contributed by atoms with Crippen LogP contribution in [0.25, 0.3) is 17.2 Å². The molecule has 7 heteroatoms. The zero-order valence-corrected chi connectivity index (χ0v) is 14.1. The highest BCUT2D eigenvalue weighted by Gasteiger charge is 2.10. The van der Waals surface area contributed by atoms with Crippen LogP contribution in [0.2, 0.25) is 0 Å². The topological polar surface area (TPSA) is 75.8 Å². The van der Waals surface area contributed by atoms with Crippen molar-refractivity contribution in [3.8, 4) is 5.75 Å².